The normalized spacial score (nSPS) is 26.2. The van der Waals surface area contributed by atoms with Crippen molar-refractivity contribution >= 4 is 27.5 Å². The highest BCUT2D eigenvalue weighted by Crippen LogP contribution is 2.34. The lowest BCUT2D eigenvalue weighted by molar-refractivity contribution is 0.0992. The molecule has 24 heavy (non-hydrogen) atoms. The minimum atomic E-state index is 0.372. The van der Waals surface area contributed by atoms with Crippen LogP contribution in [0.3, 0.4) is 0 Å². The highest BCUT2D eigenvalue weighted by molar-refractivity contribution is 7.18. The summed E-state index contributed by atoms with van der Waals surface area (Å²) in [6.45, 7) is 0.900. The van der Waals surface area contributed by atoms with Gasteiger partial charge < -0.3 is 15.4 Å². The minimum absolute atomic E-state index is 0.372. The average Bonchev–Trinajstić information content (AvgIpc) is 3.31. The van der Waals surface area contributed by atoms with E-state index >= 15 is 0 Å². The highest BCUT2D eigenvalue weighted by Gasteiger charge is 2.41. The lowest BCUT2D eigenvalue weighted by Gasteiger charge is -2.22. The van der Waals surface area contributed by atoms with Crippen LogP contribution >= 0.6 is 11.3 Å². The van der Waals surface area contributed by atoms with Gasteiger partial charge in [-0.1, -0.05) is 12.1 Å². The zero-order chi connectivity index (χ0) is 16.4. The molecule has 3 heterocycles. The van der Waals surface area contributed by atoms with E-state index in [0.29, 0.717) is 18.2 Å². The Morgan fingerprint density at radius 1 is 1.38 bits per heavy atom. The maximum atomic E-state index is 5.89. The topological polar surface area (TPSA) is 58.5 Å². The molecule has 4 rings (SSSR count). The van der Waals surface area contributed by atoms with Crippen molar-refractivity contribution in [3.05, 3.63) is 29.3 Å². The Hall–Kier alpha value is -1.66. The average molecular weight is 344 g/mol. The van der Waals surface area contributed by atoms with Gasteiger partial charge in [0.2, 0.25) is 0 Å². The van der Waals surface area contributed by atoms with Gasteiger partial charge in [-0.05, 0) is 37.8 Å². The number of thiazole rings is 1. The van der Waals surface area contributed by atoms with E-state index < -0.39 is 0 Å². The highest BCUT2D eigenvalue weighted by atomic mass is 32.1. The van der Waals surface area contributed by atoms with Gasteiger partial charge in [0.05, 0.1) is 33.5 Å². The van der Waals surface area contributed by atoms with Gasteiger partial charge in [0.15, 0.2) is 5.96 Å². The Labute approximate surface area is 146 Å². The number of guanidine groups is 1. The van der Waals surface area contributed by atoms with Crippen molar-refractivity contribution in [2.75, 3.05) is 13.6 Å². The molecule has 2 fully saturated rings. The van der Waals surface area contributed by atoms with E-state index in [-0.39, 0.29) is 0 Å². The van der Waals surface area contributed by atoms with Gasteiger partial charge in [-0.3, -0.25) is 4.99 Å². The molecule has 2 saturated heterocycles. The summed E-state index contributed by atoms with van der Waals surface area (Å²) < 4.78 is 7.16. The van der Waals surface area contributed by atoms with Gasteiger partial charge >= 0.3 is 0 Å². The molecule has 3 atom stereocenters. The number of aromatic nitrogens is 1. The summed E-state index contributed by atoms with van der Waals surface area (Å²) in [4.78, 5) is 9.03. The molecule has 1 aromatic heterocycles. The summed E-state index contributed by atoms with van der Waals surface area (Å²) in [6, 6.07) is 8.75. The zero-order valence-electron chi connectivity index (χ0n) is 14.0. The Bertz CT molecular complexity index is 696. The number of nitrogens with one attached hydrogen (secondary N) is 2. The molecule has 0 aliphatic carbocycles. The number of aliphatic imine (C=N–C) groups is 1. The molecule has 2 aliphatic heterocycles. The second-order valence-corrected chi connectivity index (χ2v) is 7.65. The van der Waals surface area contributed by atoms with E-state index in [1.165, 1.54) is 22.5 Å². The molecular weight excluding hydrogens is 320 g/mol. The van der Waals surface area contributed by atoms with E-state index in [2.05, 4.69) is 38.8 Å². The fourth-order valence-corrected chi connectivity index (χ4v) is 4.64. The number of aryl methyl sites for hydroxylation is 1. The quantitative estimate of drug-likeness (QED) is 0.497. The van der Waals surface area contributed by atoms with E-state index in [1.54, 1.807) is 11.3 Å². The van der Waals surface area contributed by atoms with E-state index in [4.69, 9.17) is 4.74 Å². The van der Waals surface area contributed by atoms with Gasteiger partial charge in [-0.25, -0.2) is 4.98 Å². The van der Waals surface area contributed by atoms with Crippen LogP contribution in [0.15, 0.2) is 29.3 Å². The third-order valence-corrected chi connectivity index (χ3v) is 5.95. The monoisotopic (exact) mass is 344 g/mol. The molecular formula is C18H24N4OS. The molecule has 0 spiro atoms. The molecule has 2 aliphatic rings. The Morgan fingerprint density at radius 3 is 3.04 bits per heavy atom. The van der Waals surface area contributed by atoms with Crippen molar-refractivity contribution in [2.45, 2.75) is 50.4 Å². The molecule has 2 N–H and O–H groups in total. The summed E-state index contributed by atoms with van der Waals surface area (Å²) in [5, 5.41) is 8.15. The molecule has 0 radical (unpaired) electrons. The van der Waals surface area contributed by atoms with Gasteiger partial charge in [0.1, 0.15) is 0 Å². The first-order valence-corrected chi connectivity index (χ1v) is 9.60. The first-order valence-electron chi connectivity index (χ1n) is 8.79. The van der Waals surface area contributed by atoms with E-state index in [1.807, 2.05) is 13.1 Å². The van der Waals surface area contributed by atoms with Gasteiger partial charge in [0.25, 0.3) is 0 Å². The molecule has 0 amide bonds. The van der Waals surface area contributed by atoms with Gasteiger partial charge in [-0.15, -0.1) is 11.3 Å². The maximum Gasteiger partial charge on any atom is 0.191 e. The summed E-state index contributed by atoms with van der Waals surface area (Å²) >= 11 is 1.79. The minimum Gasteiger partial charge on any atom is -0.373 e. The Balaban J connectivity index is 1.22. The first-order chi connectivity index (χ1) is 11.8. The van der Waals surface area contributed by atoms with Gasteiger partial charge in [-0.2, -0.15) is 0 Å². The molecule has 5 nitrogen and oxygen atoms in total. The van der Waals surface area contributed by atoms with Crippen LogP contribution in [0.4, 0.5) is 0 Å². The number of fused-ring (bicyclic) bond motifs is 3. The summed E-state index contributed by atoms with van der Waals surface area (Å²) in [5.74, 6) is 0.889. The molecule has 2 bridgehead atoms. The first kappa shape index (κ1) is 15.8. The lowest BCUT2D eigenvalue weighted by Crippen LogP contribution is -2.47. The molecule has 3 unspecified atom stereocenters. The second kappa shape index (κ2) is 7.07. The third kappa shape index (κ3) is 3.39. The van der Waals surface area contributed by atoms with Crippen LogP contribution in [0.1, 0.15) is 30.7 Å². The second-order valence-electron chi connectivity index (χ2n) is 6.54. The van der Waals surface area contributed by atoms with Crippen LogP contribution < -0.4 is 10.6 Å². The van der Waals surface area contributed by atoms with Crippen LogP contribution in [-0.4, -0.2) is 42.8 Å². The van der Waals surface area contributed by atoms with Crippen LogP contribution in [0.5, 0.6) is 0 Å². The fourth-order valence-electron chi connectivity index (χ4n) is 3.63. The SMILES string of the molecule is CN=C(NCCCc1nc2ccccc2s1)NC1CC2CCC1O2. The molecule has 1 aromatic carbocycles. The van der Waals surface area contributed by atoms with Crippen LogP contribution in [-0.2, 0) is 11.2 Å². The zero-order valence-corrected chi connectivity index (χ0v) is 14.8. The lowest BCUT2D eigenvalue weighted by atomic mass is 9.96. The molecule has 0 saturated carbocycles. The third-order valence-electron chi connectivity index (χ3n) is 4.85. The Morgan fingerprint density at radius 2 is 2.29 bits per heavy atom. The van der Waals surface area contributed by atoms with Crippen molar-refractivity contribution in [1.82, 2.24) is 15.6 Å². The van der Waals surface area contributed by atoms with Crippen LogP contribution in [0.2, 0.25) is 0 Å². The largest absolute Gasteiger partial charge is 0.373 e. The van der Waals surface area contributed by atoms with Crippen molar-refractivity contribution in [3.8, 4) is 0 Å². The van der Waals surface area contributed by atoms with Crippen LogP contribution in [0, 0.1) is 0 Å². The number of benzene rings is 1. The van der Waals surface area contributed by atoms with Crippen LogP contribution in [0.25, 0.3) is 10.2 Å². The van der Waals surface area contributed by atoms with Crippen molar-refractivity contribution < 1.29 is 4.74 Å². The molecule has 6 heteroatoms. The summed E-state index contributed by atoms with van der Waals surface area (Å²) in [6.07, 6.45) is 6.39. The predicted molar refractivity (Wildman–Crippen MR) is 98.7 cm³/mol. The summed E-state index contributed by atoms with van der Waals surface area (Å²) in [5.41, 5.74) is 1.11. The Kier molecular flexibility index (Phi) is 4.67. The smallest absolute Gasteiger partial charge is 0.191 e. The number of para-hydroxylation sites is 1. The van der Waals surface area contributed by atoms with E-state index in [9.17, 15) is 0 Å². The fraction of sp³-hybridized carbons (Fsp3) is 0.556. The standard InChI is InChI=1S/C18H24N4OS/c1-19-18(22-14-11-12-8-9-15(14)23-12)20-10-4-7-17-21-13-5-2-3-6-16(13)24-17/h2-3,5-6,12,14-15H,4,7-11H2,1H3,(H2,19,20,22). The number of hydrogen-bond donors (Lipinski definition) is 2. The van der Waals surface area contributed by atoms with Crippen molar-refractivity contribution in [2.24, 2.45) is 4.99 Å². The van der Waals surface area contributed by atoms with E-state index in [0.717, 1.165) is 37.3 Å². The number of rotatable bonds is 5. The molecule has 2 aromatic rings. The van der Waals surface area contributed by atoms with Crippen molar-refractivity contribution in [1.29, 1.82) is 0 Å². The number of ether oxygens (including phenoxy) is 1. The van der Waals surface area contributed by atoms with Gasteiger partial charge in [0, 0.05) is 20.0 Å². The number of hydrogen-bond acceptors (Lipinski definition) is 4. The maximum absolute atomic E-state index is 5.89. The number of nitrogens with zero attached hydrogens (tertiary/aromatic N) is 2. The summed E-state index contributed by atoms with van der Waals surface area (Å²) in [7, 11) is 1.83. The molecule has 128 valence electrons. The predicted octanol–water partition coefficient (Wildman–Crippen LogP) is 2.71. The van der Waals surface area contributed by atoms with Crippen molar-refractivity contribution in [3.63, 3.8) is 0 Å².